The molecule has 1 saturated heterocycles. The molecule has 102 valence electrons. The van der Waals surface area contributed by atoms with Crippen LogP contribution < -0.4 is 0 Å². The largest absolute Gasteiger partial charge is 0.481 e. The fraction of sp³-hybridized carbons (Fsp3) is 0.385. The van der Waals surface area contributed by atoms with Gasteiger partial charge in [-0.1, -0.05) is 17.7 Å². The highest BCUT2D eigenvalue weighted by atomic mass is 35.5. The number of hydrogen-bond acceptors (Lipinski definition) is 2. The van der Waals surface area contributed by atoms with Crippen LogP contribution in [-0.4, -0.2) is 28.9 Å². The number of likely N-dealkylation sites (tertiary alicyclic amines) is 1. The van der Waals surface area contributed by atoms with E-state index in [0.717, 1.165) is 0 Å². The van der Waals surface area contributed by atoms with Gasteiger partial charge in [0.05, 0.1) is 17.0 Å². The zero-order chi connectivity index (χ0) is 14.2. The Kier molecular flexibility index (Phi) is 3.75. The fourth-order valence-corrected chi connectivity index (χ4v) is 2.57. The Morgan fingerprint density at radius 1 is 1.53 bits per heavy atom. The summed E-state index contributed by atoms with van der Waals surface area (Å²) in [5.41, 5.74) is 0.449. The molecule has 1 aliphatic rings. The standard InChI is InChI=1S/C13H13ClFNO3/c1-16-11(17)5-3-8(13(18)19)12(16)7-2-4-9(14)10(15)6-7/h2,4,6,8,12H,3,5H2,1H3,(H,18,19). The van der Waals surface area contributed by atoms with E-state index in [1.54, 1.807) is 6.07 Å². The Labute approximate surface area is 114 Å². The van der Waals surface area contributed by atoms with Crippen LogP contribution in [-0.2, 0) is 9.59 Å². The Bertz CT molecular complexity index is 535. The van der Waals surface area contributed by atoms with Gasteiger partial charge >= 0.3 is 5.97 Å². The zero-order valence-corrected chi connectivity index (χ0v) is 11.0. The van der Waals surface area contributed by atoms with Crippen molar-refractivity contribution in [1.29, 1.82) is 0 Å². The smallest absolute Gasteiger partial charge is 0.308 e. The highest BCUT2D eigenvalue weighted by Gasteiger charge is 2.39. The van der Waals surface area contributed by atoms with Crippen LogP contribution in [0.1, 0.15) is 24.4 Å². The second-order valence-electron chi connectivity index (χ2n) is 4.61. The number of hydrogen-bond donors (Lipinski definition) is 1. The molecule has 0 saturated carbocycles. The van der Waals surface area contributed by atoms with Crippen LogP contribution in [0.4, 0.5) is 4.39 Å². The van der Waals surface area contributed by atoms with E-state index in [0.29, 0.717) is 5.56 Å². The number of carboxylic acid groups (broad SMARTS) is 1. The summed E-state index contributed by atoms with van der Waals surface area (Å²) in [4.78, 5) is 24.4. The maximum Gasteiger partial charge on any atom is 0.308 e. The second-order valence-corrected chi connectivity index (χ2v) is 5.01. The molecule has 1 fully saturated rings. The summed E-state index contributed by atoms with van der Waals surface area (Å²) in [5, 5.41) is 9.21. The second kappa shape index (κ2) is 5.17. The number of aliphatic carboxylic acids is 1. The average Bonchev–Trinajstić information content (AvgIpc) is 2.35. The number of halogens is 2. The summed E-state index contributed by atoms with van der Waals surface area (Å²) in [6.07, 6.45) is 0.452. The first-order valence-corrected chi connectivity index (χ1v) is 6.23. The predicted molar refractivity (Wildman–Crippen MR) is 67.3 cm³/mol. The summed E-state index contributed by atoms with van der Waals surface area (Å²) in [6.45, 7) is 0. The maximum atomic E-state index is 13.5. The van der Waals surface area contributed by atoms with Crippen molar-refractivity contribution in [2.75, 3.05) is 7.05 Å². The van der Waals surface area contributed by atoms with E-state index in [9.17, 15) is 19.1 Å². The van der Waals surface area contributed by atoms with Crippen molar-refractivity contribution in [1.82, 2.24) is 4.90 Å². The van der Waals surface area contributed by atoms with Crippen molar-refractivity contribution in [2.24, 2.45) is 5.92 Å². The van der Waals surface area contributed by atoms with Gasteiger partial charge in [-0.15, -0.1) is 0 Å². The number of amides is 1. The van der Waals surface area contributed by atoms with Gasteiger partial charge in [0.1, 0.15) is 5.82 Å². The molecule has 2 atom stereocenters. The third-order valence-corrected chi connectivity index (χ3v) is 3.77. The molecule has 4 nitrogen and oxygen atoms in total. The molecule has 1 amide bonds. The minimum atomic E-state index is -0.986. The molecule has 0 radical (unpaired) electrons. The van der Waals surface area contributed by atoms with Crippen molar-refractivity contribution >= 4 is 23.5 Å². The predicted octanol–water partition coefficient (Wildman–Crippen LogP) is 2.47. The van der Waals surface area contributed by atoms with Crippen molar-refractivity contribution in [3.63, 3.8) is 0 Å². The Morgan fingerprint density at radius 2 is 2.21 bits per heavy atom. The zero-order valence-electron chi connectivity index (χ0n) is 10.3. The maximum absolute atomic E-state index is 13.5. The number of rotatable bonds is 2. The van der Waals surface area contributed by atoms with Gasteiger partial charge < -0.3 is 10.0 Å². The van der Waals surface area contributed by atoms with Gasteiger partial charge in [0, 0.05) is 13.5 Å². The summed E-state index contributed by atoms with van der Waals surface area (Å²) in [7, 11) is 1.54. The molecule has 0 spiro atoms. The van der Waals surface area contributed by atoms with Crippen LogP contribution in [0.3, 0.4) is 0 Å². The number of piperidine rings is 1. The SMILES string of the molecule is CN1C(=O)CCC(C(=O)O)C1c1ccc(Cl)c(F)c1. The molecule has 0 aromatic heterocycles. The first kappa shape index (κ1) is 13.8. The molecule has 2 rings (SSSR count). The topological polar surface area (TPSA) is 57.6 Å². The number of carbonyl (C=O) groups excluding carboxylic acids is 1. The van der Waals surface area contributed by atoms with Gasteiger partial charge in [-0.05, 0) is 24.1 Å². The van der Waals surface area contributed by atoms with Crippen LogP contribution in [0.15, 0.2) is 18.2 Å². The molecule has 1 aliphatic heterocycles. The van der Waals surface area contributed by atoms with Crippen LogP contribution in [0, 0.1) is 11.7 Å². The molecule has 1 heterocycles. The number of benzene rings is 1. The van der Waals surface area contributed by atoms with Gasteiger partial charge in [0.2, 0.25) is 5.91 Å². The monoisotopic (exact) mass is 285 g/mol. The third-order valence-electron chi connectivity index (χ3n) is 3.46. The van der Waals surface area contributed by atoms with Crippen LogP contribution in [0.2, 0.25) is 5.02 Å². The lowest BCUT2D eigenvalue weighted by Gasteiger charge is -2.37. The Morgan fingerprint density at radius 3 is 2.79 bits per heavy atom. The van der Waals surface area contributed by atoms with Gasteiger partial charge in [0.25, 0.3) is 0 Å². The van der Waals surface area contributed by atoms with E-state index < -0.39 is 23.7 Å². The quantitative estimate of drug-likeness (QED) is 0.908. The normalized spacial score (nSPS) is 23.5. The highest BCUT2D eigenvalue weighted by molar-refractivity contribution is 6.30. The molecule has 0 aliphatic carbocycles. The van der Waals surface area contributed by atoms with Gasteiger partial charge in [-0.3, -0.25) is 9.59 Å². The Balaban J connectivity index is 2.43. The van der Waals surface area contributed by atoms with E-state index in [4.69, 9.17) is 11.6 Å². The minimum absolute atomic E-state index is 0.0274. The Hall–Kier alpha value is -1.62. The lowest BCUT2D eigenvalue weighted by Crippen LogP contribution is -2.43. The van der Waals surface area contributed by atoms with E-state index in [2.05, 4.69) is 0 Å². The first-order chi connectivity index (χ1) is 8.91. The summed E-state index contributed by atoms with van der Waals surface area (Å²) in [6, 6.07) is 3.46. The molecular formula is C13H13ClFNO3. The third kappa shape index (κ3) is 2.56. The van der Waals surface area contributed by atoms with Crippen molar-refractivity contribution < 1.29 is 19.1 Å². The summed E-state index contributed by atoms with van der Waals surface area (Å²) in [5.74, 6) is -2.48. The van der Waals surface area contributed by atoms with E-state index >= 15 is 0 Å². The molecule has 1 N–H and O–H groups in total. The molecule has 1 aromatic rings. The summed E-state index contributed by atoms with van der Waals surface area (Å²) >= 11 is 5.61. The van der Waals surface area contributed by atoms with Gasteiger partial charge in [-0.25, -0.2) is 4.39 Å². The molecule has 1 aromatic carbocycles. The molecule has 2 unspecified atom stereocenters. The minimum Gasteiger partial charge on any atom is -0.481 e. The highest BCUT2D eigenvalue weighted by Crippen LogP contribution is 2.36. The van der Waals surface area contributed by atoms with Crippen LogP contribution >= 0.6 is 11.6 Å². The van der Waals surface area contributed by atoms with Crippen LogP contribution in [0.25, 0.3) is 0 Å². The molecule has 6 heteroatoms. The lowest BCUT2D eigenvalue weighted by atomic mass is 9.84. The fourth-order valence-electron chi connectivity index (χ4n) is 2.45. The van der Waals surface area contributed by atoms with Crippen molar-refractivity contribution in [3.8, 4) is 0 Å². The number of nitrogens with zero attached hydrogens (tertiary/aromatic N) is 1. The number of carboxylic acids is 1. The van der Waals surface area contributed by atoms with E-state index in [1.165, 1.54) is 24.1 Å². The van der Waals surface area contributed by atoms with Crippen molar-refractivity contribution in [3.05, 3.63) is 34.6 Å². The van der Waals surface area contributed by atoms with Gasteiger partial charge in [-0.2, -0.15) is 0 Å². The lowest BCUT2D eigenvalue weighted by molar-refractivity contribution is -0.150. The molecule has 19 heavy (non-hydrogen) atoms. The van der Waals surface area contributed by atoms with E-state index in [1.807, 2.05) is 0 Å². The molecule has 0 bridgehead atoms. The van der Waals surface area contributed by atoms with E-state index in [-0.39, 0.29) is 23.8 Å². The average molecular weight is 286 g/mol. The van der Waals surface area contributed by atoms with Gasteiger partial charge in [0.15, 0.2) is 0 Å². The number of carbonyl (C=O) groups is 2. The molecular weight excluding hydrogens is 273 g/mol. The van der Waals surface area contributed by atoms with Crippen molar-refractivity contribution in [2.45, 2.75) is 18.9 Å². The van der Waals surface area contributed by atoms with Crippen LogP contribution in [0.5, 0.6) is 0 Å². The first-order valence-electron chi connectivity index (χ1n) is 5.85. The summed E-state index contributed by atoms with van der Waals surface area (Å²) < 4.78 is 13.5.